The quantitative estimate of drug-likeness (QED) is 0.543. The summed E-state index contributed by atoms with van der Waals surface area (Å²) in [6, 6.07) is 7.75. The summed E-state index contributed by atoms with van der Waals surface area (Å²) >= 11 is 1.51. The molecule has 0 nitrogen and oxygen atoms in total. The van der Waals surface area contributed by atoms with Gasteiger partial charge in [-0.05, 0) is 23.6 Å². The molecule has 0 unspecified atom stereocenters. The van der Waals surface area contributed by atoms with Crippen molar-refractivity contribution in [1.29, 1.82) is 0 Å². The van der Waals surface area contributed by atoms with E-state index in [0.717, 1.165) is 4.70 Å². The lowest BCUT2D eigenvalue weighted by Gasteiger charge is -1.87. The molecule has 0 saturated carbocycles. The first-order valence-corrected chi connectivity index (χ1v) is 3.79. The minimum absolute atomic E-state index is 0.157. The summed E-state index contributed by atoms with van der Waals surface area (Å²) in [5.74, 6) is -0.157. The minimum atomic E-state index is -0.157. The molecule has 0 spiro atoms. The van der Waals surface area contributed by atoms with Crippen LogP contribution in [0.1, 0.15) is 0 Å². The third-order valence-electron chi connectivity index (χ3n) is 1.37. The molecule has 49 valence electrons. The van der Waals surface area contributed by atoms with Gasteiger partial charge in [0.25, 0.3) is 0 Å². The third-order valence-corrected chi connectivity index (χ3v) is 2.21. The fourth-order valence-corrected chi connectivity index (χ4v) is 1.66. The van der Waals surface area contributed by atoms with Crippen LogP contribution >= 0.6 is 11.3 Å². The van der Waals surface area contributed by atoms with Gasteiger partial charge in [-0.2, -0.15) is 0 Å². The summed E-state index contributed by atoms with van der Waals surface area (Å²) in [6.45, 7) is 0. The van der Waals surface area contributed by atoms with Gasteiger partial charge in [0.15, 0.2) is 0 Å². The van der Waals surface area contributed by atoms with E-state index >= 15 is 0 Å². The molecule has 2 rings (SSSR count). The maximum absolute atomic E-state index is 12.8. The van der Waals surface area contributed by atoms with E-state index in [9.17, 15) is 4.39 Å². The number of benzene rings is 1. The van der Waals surface area contributed by atoms with Gasteiger partial charge in [-0.15, -0.1) is 11.3 Å². The second kappa shape index (κ2) is 2.06. The van der Waals surface area contributed by atoms with Crippen molar-refractivity contribution >= 4 is 21.4 Å². The first kappa shape index (κ1) is 5.86. The molecule has 2 heteroatoms. The maximum Gasteiger partial charge on any atom is 0.131 e. The van der Waals surface area contributed by atoms with Gasteiger partial charge in [0.05, 0.1) is 0 Å². The highest BCUT2D eigenvalue weighted by Gasteiger charge is 1.98. The molecule has 2 aromatic rings. The Hall–Kier alpha value is -0.890. The molecular formula is C8H4FS. The normalized spacial score (nSPS) is 10.5. The molecule has 0 fully saturated rings. The number of hydrogen-bond acceptors (Lipinski definition) is 1. The number of rotatable bonds is 0. The van der Waals surface area contributed by atoms with Crippen LogP contribution in [0.25, 0.3) is 10.1 Å². The molecule has 0 saturated heterocycles. The Balaban J connectivity index is 2.95. The topological polar surface area (TPSA) is 0 Å². The minimum Gasteiger partial charge on any atom is -0.206 e. The Morgan fingerprint density at radius 3 is 3.10 bits per heavy atom. The van der Waals surface area contributed by atoms with Gasteiger partial charge in [-0.25, -0.2) is 4.39 Å². The Labute approximate surface area is 61.9 Å². The second-order valence-corrected chi connectivity index (χ2v) is 2.91. The van der Waals surface area contributed by atoms with Gasteiger partial charge in [0, 0.05) is 16.2 Å². The second-order valence-electron chi connectivity index (χ2n) is 1.99. The molecule has 0 aliphatic rings. The van der Waals surface area contributed by atoms with E-state index in [0.29, 0.717) is 5.39 Å². The van der Waals surface area contributed by atoms with E-state index in [2.05, 4.69) is 6.07 Å². The molecule has 0 aliphatic heterocycles. The number of thiophene rings is 1. The number of fused-ring (bicyclic) bond motifs is 1. The van der Waals surface area contributed by atoms with Crippen LogP contribution in [-0.2, 0) is 0 Å². The van der Waals surface area contributed by atoms with Crippen LogP contribution in [0, 0.1) is 11.9 Å². The summed E-state index contributed by atoms with van der Waals surface area (Å²) in [5, 5.41) is 2.54. The monoisotopic (exact) mass is 151 g/mol. The van der Waals surface area contributed by atoms with E-state index in [1.54, 1.807) is 12.1 Å². The molecule has 1 radical (unpaired) electrons. The van der Waals surface area contributed by atoms with Crippen molar-refractivity contribution in [2.24, 2.45) is 0 Å². The van der Waals surface area contributed by atoms with Crippen LogP contribution < -0.4 is 0 Å². The lowest BCUT2D eigenvalue weighted by molar-refractivity contribution is 0.640. The van der Waals surface area contributed by atoms with Gasteiger partial charge < -0.3 is 0 Å². The molecule has 10 heavy (non-hydrogen) atoms. The predicted molar refractivity (Wildman–Crippen MR) is 40.6 cm³/mol. The summed E-state index contributed by atoms with van der Waals surface area (Å²) < 4.78 is 13.7. The Bertz CT molecular complexity index is 351. The van der Waals surface area contributed by atoms with Gasteiger partial charge in [-0.1, -0.05) is 0 Å². The zero-order chi connectivity index (χ0) is 6.97. The predicted octanol–water partition coefficient (Wildman–Crippen LogP) is 2.84. The lowest BCUT2D eigenvalue weighted by atomic mass is 10.2. The summed E-state index contributed by atoms with van der Waals surface area (Å²) in [4.78, 5) is 0. The van der Waals surface area contributed by atoms with Gasteiger partial charge >= 0.3 is 0 Å². The van der Waals surface area contributed by atoms with E-state index in [4.69, 9.17) is 0 Å². The highest BCUT2D eigenvalue weighted by atomic mass is 32.1. The molecule has 1 heterocycles. The highest BCUT2D eigenvalue weighted by Crippen LogP contribution is 2.21. The van der Waals surface area contributed by atoms with E-state index in [1.165, 1.54) is 17.4 Å². The zero-order valence-electron chi connectivity index (χ0n) is 5.10. The fraction of sp³-hybridized carbons (Fsp3) is 0. The smallest absolute Gasteiger partial charge is 0.131 e. The van der Waals surface area contributed by atoms with Crippen molar-refractivity contribution in [3.63, 3.8) is 0 Å². The van der Waals surface area contributed by atoms with Gasteiger partial charge in [-0.3, -0.25) is 0 Å². The Morgan fingerprint density at radius 2 is 2.30 bits per heavy atom. The largest absolute Gasteiger partial charge is 0.206 e. The van der Waals surface area contributed by atoms with Crippen LogP contribution in [-0.4, -0.2) is 0 Å². The summed E-state index contributed by atoms with van der Waals surface area (Å²) in [6.07, 6.45) is 0. The standard InChI is InChI=1S/C8H4FS/c9-7-2-1-3-8-6(7)4-5-10-8/h1-2,4-5H. The first-order valence-electron chi connectivity index (χ1n) is 2.91. The van der Waals surface area contributed by atoms with Crippen molar-refractivity contribution in [3.05, 3.63) is 35.5 Å². The zero-order valence-corrected chi connectivity index (χ0v) is 5.91. The average molecular weight is 151 g/mol. The van der Waals surface area contributed by atoms with Crippen LogP contribution in [0.15, 0.2) is 23.6 Å². The van der Waals surface area contributed by atoms with Crippen LogP contribution in [0.3, 0.4) is 0 Å². The summed E-state index contributed by atoms with van der Waals surface area (Å²) in [7, 11) is 0. The molecular weight excluding hydrogens is 147 g/mol. The Morgan fingerprint density at radius 1 is 1.40 bits per heavy atom. The number of halogens is 1. The molecule has 0 amide bonds. The van der Waals surface area contributed by atoms with Gasteiger partial charge in [0.2, 0.25) is 0 Å². The molecule has 1 aromatic heterocycles. The molecule has 0 N–H and O–H groups in total. The molecule has 0 bridgehead atoms. The van der Waals surface area contributed by atoms with Gasteiger partial charge in [0.1, 0.15) is 5.82 Å². The SMILES string of the molecule is Fc1cc[c]c2sccc12. The molecule has 0 aliphatic carbocycles. The fourth-order valence-electron chi connectivity index (χ4n) is 0.889. The van der Waals surface area contributed by atoms with E-state index in [1.807, 2.05) is 5.38 Å². The van der Waals surface area contributed by atoms with Crippen LogP contribution in [0.2, 0.25) is 0 Å². The van der Waals surface area contributed by atoms with Crippen molar-refractivity contribution in [2.75, 3.05) is 0 Å². The lowest BCUT2D eigenvalue weighted by Crippen LogP contribution is -1.70. The van der Waals surface area contributed by atoms with Crippen molar-refractivity contribution in [2.45, 2.75) is 0 Å². The van der Waals surface area contributed by atoms with Crippen molar-refractivity contribution in [3.8, 4) is 0 Å². The summed E-state index contributed by atoms with van der Waals surface area (Å²) in [5.41, 5.74) is 0. The van der Waals surface area contributed by atoms with E-state index in [-0.39, 0.29) is 5.82 Å². The average Bonchev–Trinajstić information content (AvgIpc) is 2.36. The van der Waals surface area contributed by atoms with Crippen LogP contribution in [0.5, 0.6) is 0 Å². The van der Waals surface area contributed by atoms with Crippen molar-refractivity contribution < 1.29 is 4.39 Å². The third kappa shape index (κ3) is 0.727. The van der Waals surface area contributed by atoms with Crippen molar-refractivity contribution in [1.82, 2.24) is 0 Å². The maximum atomic E-state index is 12.8. The first-order chi connectivity index (χ1) is 4.88. The Kier molecular flexibility index (Phi) is 1.21. The highest BCUT2D eigenvalue weighted by molar-refractivity contribution is 7.17. The van der Waals surface area contributed by atoms with Crippen LogP contribution in [0.4, 0.5) is 4.39 Å². The number of hydrogen-bond donors (Lipinski definition) is 0. The molecule has 0 atom stereocenters. The van der Waals surface area contributed by atoms with E-state index < -0.39 is 0 Å². The molecule has 1 aromatic carbocycles.